The summed E-state index contributed by atoms with van der Waals surface area (Å²) in [6, 6.07) is 15.8. The predicted molar refractivity (Wildman–Crippen MR) is 84.4 cm³/mol. The number of carbonyl (C=O) groups excluding carboxylic acids is 1. The lowest BCUT2D eigenvalue weighted by molar-refractivity contribution is -0.115. The van der Waals surface area contributed by atoms with Crippen LogP contribution in [0.2, 0.25) is 0 Å². The number of hydrogen-bond donors (Lipinski definition) is 1. The zero-order valence-electron chi connectivity index (χ0n) is 11.5. The number of aryl methyl sites for hydroxylation is 2. The monoisotopic (exact) mass is 287 g/mol. The van der Waals surface area contributed by atoms with Crippen molar-refractivity contribution in [3.8, 4) is 0 Å². The zero-order chi connectivity index (χ0) is 14.4. The summed E-state index contributed by atoms with van der Waals surface area (Å²) in [5, 5.41) is 2.90. The van der Waals surface area contributed by atoms with E-state index in [0.717, 1.165) is 17.7 Å². The molecule has 0 fully saturated rings. The van der Waals surface area contributed by atoms with Gasteiger partial charge in [0.1, 0.15) is 0 Å². The van der Waals surface area contributed by atoms with Crippen LogP contribution in [-0.2, 0) is 17.6 Å². The fourth-order valence-corrected chi connectivity index (χ4v) is 2.18. The van der Waals surface area contributed by atoms with E-state index in [4.69, 9.17) is 11.6 Å². The fraction of sp³-hybridized carbons (Fsp3) is 0.235. The first kappa shape index (κ1) is 14.6. The first-order chi connectivity index (χ1) is 9.67. The molecule has 2 aromatic rings. The number of hydrogen-bond acceptors (Lipinski definition) is 1. The van der Waals surface area contributed by atoms with Crippen molar-refractivity contribution in [3.05, 3.63) is 65.2 Å². The summed E-state index contributed by atoms with van der Waals surface area (Å²) in [7, 11) is 0. The van der Waals surface area contributed by atoms with Crippen LogP contribution >= 0.6 is 11.6 Å². The van der Waals surface area contributed by atoms with Crippen molar-refractivity contribution in [2.45, 2.75) is 19.8 Å². The van der Waals surface area contributed by atoms with Crippen LogP contribution in [0.5, 0.6) is 0 Å². The third-order valence-corrected chi connectivity index (χ3v) is 3.30. The van der Waals surface area contributed by atoms with Gasteiger partial charge in [-0.25, -0.2) is 0 Å². The van der Waals surface area contributed by atoms with E-state index in [1.165, 1.54) is 11.1 Å². The molecule has 0 saturated carbocycles. The first-order valence-electron chi connectivity index (χ1n) is 6.67. The van der Waals surface area contributed by atoms with Gasteiger partial charge in [-0.3, -0.25) is 4.79 Å². The average Bonchev–Trinajstić information content (AvgIpc) is 2.44. The number of nitrogens with one attached hydrogen (secondary N) is 1. The standard InChI is InChI=1S/C17H18ClNO/c1-13-2-4-15(5-3-13)12-17(20)19-16-8-6-14(7-9-16)10-11-18/h2-9H,10-12H2,1H3,(H,19,20). The number of anilines is 1. The molecule has 0 aliphatic carbocycles. The summed E-state index contributed by atoms with van der Waals surface area (Å²) >= 11 is 5.69. The average molecular weight is 288 g/mol. The quantitative estimate of drug-likeness (QED) is 0.829. The fourth-order valence-electron chi connectivity index (χ4n) is 1.96. The van der Waals surface area contributed by atoms with Crippen molar-refractivity contribution in [1.82, 2.24) is 0 Å². The van der Waals surface area contributed by atoms with Crippen LogP contribution in [0.25, 0.3) is 0 Å². The summed E-state index contributed by atoms with van der Waals surface area (Å²) in [5.41, 5.74) is 4.22. The summed E-state index contributed by atoms with van der Waals surface area (Å²) in [6.07, 6.45) is 1.24. The molecule has 0 spiro atoms. The molecule has 3 heteroatoms. The van der Waals surface area contributed by atoms with Crippen LogP contribution in [0.15, 0.2) is 48.5 Å². The van der Waals surface area contributed by atoms with Crippen LogP contribution in [-0.4, -0.2) is 11.8 Å². The molecule has 2 aromatic carbocycles. The molecule has 104 valence electrons. The highest BCUT2D eigenvalue weighted by molar-refractivity contribution is 6.18. The van der Waals surface area contributed by atoms with Crippen LogP contribution in [0, 0.1) is 6.92 Å². The van der Waals surface area contributed by atoms with Crippen LogP contribution < -0.4 is 5.32 Å². The van der Waals surface area contributed by atoms with Crippen molar-refractivity contribution in [2.24, 2.45) is 0 Å². The normalized spacial score (nSPS) is 10.3. The van der Waals surface area contributed by atoms with E-state index in [9.17, 15) is 4.79 Å². The number of rotatable bonds is 5. The molecular formula is C17H18ClNO. The second kappa shape index (κ2) is 7.11. The molecule has 0 aliphatic rings. The summed E-state index contributed by atoms with van der Waals surface area (Å²) in [5.74, 6) is 0.609. The van der Waals surface area contributed by atoms with Gasteiger partial charge in [0.05, 0.1) is 6.42 Å². The molecule has 1 amide bonds. The number of halogens is 1. The summed E-state index contributed by atoms with van der Waals surface area (Å²) in [4.78, 5) is 11.9. The Kier molecular flexibility index (Phi) is 5.19. The molecule has 2 nitrogen and oxygen atoms in total. The van der Waals surface area contributed by atoms with Crippen molar-refractivity contribution >= 4 is 23.2 Å². The molecule has 0 aromatic heterocycles. The molecule has 20 heavy (non-hydrogen) atoms. The van der Waals surface area contributed by atoms with Gasteiger partial charge >= 0.3 is 0 Å². The Labute approximate surface area is 124 Å². The Morgan fingerprint density at radius 3 is 2.20 bits per heavy atom. The van der Waals surface area contributed by atoms with Gasteiger partial charge in [-0.2, -0.15) is 0 Å². The Hall–Kier alpha value is -1.80. The summed E-state index contributed by atoms with van der Waals surface area (Å²) in [6.45, 7) is 2.03. The molecule has 0 bridgehead atoms. The van der Waals surface area contributed by atoms with E-state index in [1.54, 1.807) is 0 Å². The zero-order valence-corrected chi connectivity index (χ0v) is 12.3. The lowest BCUT2D eigenvalue weighted by atomic mass is 10.1. The number of alkyl halides is 1. The van der Waals surface area contributed by atoms with Crippen molar-refractivity contribution < 1.29 is 4.79 Å². The lowest BCUT2D eigenvalue weighted by Crippen LogP contribution is -2.14. The molecule has 1 N–H and O–H groups in total. The van der Waals surface area contributed by atoms with Crippen molar-refractivity contribution in [2.75, 3.05) is 11.2 Å². The van der Waals surface area contributed by atoms with Gasteiger partial charge in [0.25, 0.3) is 0 Å². The van der Waals surface area contributed by atoms with E-state index < -0.39 is 0 Å². The Morgan fingerprint density at radius 1 is 1.00 bits per heavy atom. The second-order valence-corrected chi connectivity index (χ2v) is 5.22. The van der Waals surface area contributed by atoms with E-state index in [0.29, 0.717) is 12.3 Å². The van der Waals surface area contributed by atoms with E-state index in [2.05, 4.69) is 5.32 Å². The third kappa shape index (κ3) is 4.39. The van der Waals surface area contributed by atoms with Crippen molar-refractivity contribution in [3.63, 3.8) is 0 Å². The molecule has 0 radical (unpaired) electrons. The molecule has 0 unspecified atom stereocenters. The highest BCUT2D eigenvalue weighted by Gasteiger charge is 2.04. The molecule has 0 heterocycles. The molecular weight excluding hydrogens is 270 g/mol. The SMILES string of the molecule is Cc1ccc(CC(=O)Nc2ccc(CCCl)cc2)cc1. The smallest absolute Gasteiger partial charge is 0.228 e. The maximum atomic E-state index is 11.9. The highest BCUT2D eigenvalue weighted by Crippen LogP contribution is 2.11. The first-order valence-corrected chi connectivity index (χ1v) is 7.21. The van der Waals surface area contributed by atoms with Gasteiger partial charge in [0, 0.05) is 11.6 Å². The molecule has 2 rings (SSSR count). The number of benzene rings is 2. The molecule has 0 saturated heterocycles. The minimum atomic E-state index is -0.000976. The van der Waals surface area contributed by atoms with Gasteiger partial charge in [-0.15, -0.1) is 11.6 Å². The van der Waals surface area contributed by atoms with Gasteiger partial charge in [-0.05, 0) is 36.6 Å². The topological polar surface area (TPSA) is 29.1 Å². The Balaban J connectivity index is 1.92. The van der Waals surface area contributed by atoms with Crippen LogP contribution in [0.4, 0.5) is 5.69 Å². The summed E-state index contributed by atoms with van der Waals surface area (Å²) < 4.78 is 0. The Morgan fingerprint density at radius 2 is 1.60 bits per heavy atom. The maximum absolute atomic E-state index is 11.9. The molecule has 0 atom stereocenters. The minimum absolute atomic E-state index is 0.000976. The van der Waals surface area contributed by atoms with E-state index in [1.807, 2.05) is 55.5 Å². The van der Waals surface area contributed by atoms with Crippen LogP contribution in [0.1, 0.15) is 16.7 Å². The van der Waals surface area contributed by atoms with Crippen LogP contribution in [0.3, 0.4) is 0 Å². The van der Waals surface area contributed by atoms with Gasteiger partial charge in [0.2, 0.25) is 5.91 Å². The number of amides is 1. The number of carbonyl (C=O) groups is 1. The van der Waals surface area contributed by atoms with E-state index in [-0.39, 0.29) is 5.91 Å². The van der Waals surface area contributed by atoms with Gasteiger partial charge < -0.3 is 5.32 Å². The third-order valence-electron chi connectivity index (χ3n) is 3.11. The highest BCUT2D eigenvalue weighted by atomic mass is 35.5. The predicted octanol–water partition coefficient (Wildman–Crippen LogP) is 3.96. The van der Waals surface area contributed by atoms with E-state index >= 15 is 0 Å². The maximum Gasteiger partial charge on any atom is 0.228 e. The minimum Gasteiger partial charge on any atom is -0.326 e. The second-order valence-electron chi connectivity index (χ2n) is 4.85. The van der Waals surface area contributed by atoms with Gasteiger partial charge in [-0.1, -0.05) is 42.0 Å². The van der Waals surface area contributed by atoms with Crippen molar-refractivity contribution in [1.29, 1.82) is 0 Å². The largest absolute Gasteiger partial charge is 0.326 e. The van der Waals surface area contributed by atoms with Gasteiger partial charge in [0.15, 0.2) is 0 Å². The Bertz CT molecular complexity index is 561. The lowest BCUT2D eigenvalue weighted by Gasteiger charge is -2.06. The molecule has 0 aliphatic heterocycles.